The van der Waals surface area contributed by atoms with Gasteiger partial charge in [-0.3, -0.25) is 14.4 Å². The molecule has 6 N–H and O–H groups in total. The number of carbonyl (C=O) groups is 3. The van der Waals surface area contributed by atoms with Crippen molar-refractivity contribution in [1.82, 2.24) is 10.6 Å². The molecule has 1 aromatic rings. The van der Waals surface area contributed by atoms with E-state index in [4.69, 9.17) is 23.1 Å². The molecule has 2 atom stereocenters. The van der Waals surface area contributed by atoms with Gasteiger partial charge in [-0.05, 0) is 30.5 Å². The van der Waals surface area contributed by atoms with E-state index < -0.39 is 29.3 Å². The summed E-state index contributed by atoms with van der Waals surface area (Å²) in [6.07, 6.45) is 0. The molecule has 0 aromatic heterocycles. The van der Waals surface area contributed by atoms with Crippen LogP contribution in [0.5, 0.6) is 0 Å². The topological polar surface area (TPSA) is 127 Å². The van der Waals surface area contributed by atoms with Gasteiger partial charge in [0.15, 0.2) is 0 Å². The average Bonchev–Trinajstić information content (AvgIpc) is 2.51. The molecule has 3 amide bonds. The summed E-state index contributed by atoms with van der Waals surface area (Å²) in [4.78, 5) is 35.7. The van der Waals surface area contributed by atoms with Crippen molar-refractivity contribution < 1.29 is 14.4 Å². The van der Waals surface area contributed by atoms with Gasteiger partial charge in [0.2, 0.25) is 17.7 Å². The van der Waals surface area contributed by atoms with Crippen LogP contribution in [0.1, 0.15) is 26.3 Å². The molecule has 0 aliphatic rings. The molecule has 25 heavy (non-hydrogen) atoms. The van der Waals surface area contributed by atoms with E-state index in [9.17, 15) is 14.4 Å². The molecule has 0 bridgehead atoms. The second-order valence-corrected chi connectivity index (χ2v) is 6.47. The van der Waals surface area contributed by atoms with Crippen LogP contribution in [-0.2, 0) is 19.9 Å². The third-order valence-corrected chi connectivity index (χ3v) is 3.96. The van der Waals surface area contributed by atoms with Gasteiger partial charge in [0.1, 0.15) is 5.54 Å². The number of hydrogen-bond acceptors (Lipinski definition) is 4. The van der Waals surface area contributed by atoms with Gasteiger partial charge < -0.3 is 22.1 Å². The zero-order valence-electron chi connectivity index (χ0n) is 14.3. The van der Waals surface area contributed by atoms with Crippen LogP contribution in [0.4, 0.5) is 0 Å². The summed E-state index contributed by atoms with van der Waals surface area (Å²) in [5.41, 5.74) is 10.1. The van der Waals surface area contributed by atoms with Gasteiger partial charge >= 0.3 is 0 Å². The van der Waals surface area contributed by atoms with Crippen molar-refractivity contribution in [3.05, 3.63) is 34.9 Å². The number of hydrogen-bond donors (Lipinski definition) is 4. The van der Waals surface area contributed by atoms with Gasteiger partial charge in [-0.2, -0.15) is 0 Å². The van der Waals surface area contributed by atoms with Gasteiger partial charge in [-0.15, -0.1) is 12.4 Å². The Morgan fingerprint density at radius 2 is 1.88 bits per heavy atom. The van der Waals surface area contributed by atoms with Crippen LogP contribution in [0.2, 0.25) is 5.02 Å². The zero-order chi connectivity index (χ0) is 18.5. The lowest BCUT2D eigenvalue weighted by Gasteiger charge is -2.28. The highest BCUT2D eigenvalue weighted by atomic mass is 35.5. The number of benzene rings is 1. The number of halogens is 2. The fraction of sp³-hybridized carbons (Fsp3) is 0.438. The Hall–Kier alpha value is -1.83. The van der Waals surface area contributed by atoms with E-state index in [0.29, 0.717) is 10.6 Å². The molecule has 0 fully saturated rings. The van der Waals surface area contributed by atoms with E-state index in [2.05, 4.69) is 10.6 Å². The van der Waals surface area contributed by atoms with Crippen LogP contribution in [0.3, 0.4) is 0 Å². The van der Waals surface area contributed by atoms with Crippen molar-refractivity contribution in [1.29, 1.82) is 0 Å². The predicted molar refractivity (Wildman–Crippen MR) is 99.2 cm³/mol. The Labute approximate surface area is 158 Å². The maximum Gasteiger partial charge on any atom is 0.247 e. The number of primary amides is 1. The average molecular weight is 391 g/mol. The molecule has 1 unspecified atom stereocenters. The fourth-order valence-electron chi connectivity index (χ4n) is 1.99. The van der Waals surface area contributed by atoms with E-state index >= 15 is 0 Å². The van der Waals surface area contributed by atoms with E-state index in [1.807, 2.05) is 0 Å². The molecule has 0 aliphatic heterocycles. The van der Waals surface area contributed by atoms with Gasteiger partial charge in [0.25, 0.3) is 0 Å². The van der Waals surface area contributed by atoms with Crippen LogP contribution in [0, 0.1) is 5.92 Å². The van der Waals surface area contributed by atoms with Crippen LogP contribution in [0.25, 0.3) is 0 Å². The van der Waals surface area contributed by atoms with E-state index in [1.54, 1.807) is 38.1 Å². The SMILES string of the molecule is CC(C)[C@H](N)C(=O)NCC(=O)NC(C)(C(N)=O)c1cccc(Cl)c1.Cl. The lowest BCUT2D eigenvalue weighted by molar-refractivity contribution is -0.132. The first-order valence-corrected chi connectivity index (χ1v) is 7.86. The molecular formula is C16H24Cl2N4O3. The molecule has 9 heteroatoms. The van der Waals surface area contributed by atoms with E-state index in [1.165, 1.54) is 6.92 Å². The quantitative estimate of drug-likeness (QED) is 0.545. The Kier molecular flexibility index (Phi) is 8.90. The lowest BCUT2D eigenvalue weighted by atomic mass is 9.91. The molecule has 0 spiro atoms. The zero-order valence-corrected chi connectivity index (χ0v) is 15.9. The predicted octanol–water partition coefficient (Wildman–Crippen LogP) is 0.678. The molecule has 0 radical (unpaired) electrons. The first-order chi connectivity index (χ1) is 11.1. The summed E-state index contributed by atoms with van der Waals surface area (Å²) >= 11 is 5.92. The Morgan fingerprint density at radius 1 is 1.28 bits per heavy atom. The summed E-state index contributed by atoms with van der Waals surface area (Å²) < 4.78 is 0. The molecule has 0 heterocycles. The molecule has 1 rings (SSSR count). The van der Waals surface area contributed by atoms with Crippen molar-refractivity contribution in [2.45, 2.75) is 32.4 Å². The normalized spacial score (nSPS) is 14.0. The van der Waals surface area contributed by atoms with Crippen LogP contribution >= 0.6 is 24.0 Å². The Balaban J connectivity index is 0.00000576. The number of amides is 3. The molecule has 0 saturated carbocycles. The smallest absolute Gasteiger partial charge is 0.247 e. The summed E-state index contributed by atoms with van der Waals surface area (Å²) in [6, 6.07) is 5.74. The molecule has 140 valence electrons. The lowest BCUT2D eigenvalue weighted by Crippen LogP contribution is -2.55. The van der Waals surface area contributed by atoms with E-state index in [-0.39, 0.29) is 24.9 Å². The summed E-state index contributed by atoms with van der Waals surface area (Å²) in [6.45, 7) is 4.75. The van der Waals surface area contributed by atoms with Crippen molar-refractivity contribution >= 4 is 41.7 Å². The fourth-order valence-corrected chi connectivity index (χ4v) is 2.18. The maximum atomic E-state index is 12.1. The van der Waals surface area contributed by atoms with E-state index in [0.717, 1.165) is 0 Å². The molecular weight excluding hydrogens is 367 g/mol. The Morgan fingerprint density at radius 3 is 2.36 bits per heavy atom. The van der Waals surface area contributed by atoms with Gasteiger partial charge in [0, 0.05) is 5.02 Å². The van der Waals surface area contributed by atoms with Crippen molar-refractivity contribution in [3.63, 3.8) is 0 Å². The minimum atomic E-state index is -1.45. The number of carbonyl (C=O) groups excluding carboxylic acids is 3. The summed E-state index contributed by atoms with van der Waals surface area (Å²) in [5, 5.41) is 5.37. The third kappa shape index (κ3) is 6.19. The second kappa shape index (κ2) is 9.60. The Bertz CT molecular complexity index is 640. The minimum Gasteiger partial charge on any atom is -0.367 e. The maximum absolute atomic E-state index is 12.1. The monoisotopic (exact) mass is 390 g/mol. The summed E-state index contributed by atoms with van der Waals surface area (Å²) in [5.74, 6) is -1.82. The van der Waals surface area contributed by atoms with Crippen LogP contribution < -0.4 is 22.1 Å². The summed E-state index contributed by atoms with van der Waals surface area (Å²) in [7, 11) is 0. The molecule has 1 aromatic carbocycles. The molecule has 0 aliphatic carbocycles. The first-order valence-electron chi connectivity index (χ1n) is 7.48. The number of rotatable bonds is 7. The van der Waals surface area contributed by atoms with Crippen molar-refractivity contribution in [3.8, 4) is 0 Å². The van der Waals surface area contributed by atoms with Gasteiger partial charge in [-0.25, -0.2) is 0 Å². The van der Waals surface area contributed by atoms with Crippen molar-refractivity contribution in [2.75, 3.05) is 6.54 Å². The molecule has 7 nitrogen and oxygen atoms in total. The molecule has 0 saturated heterocycles. The van der Waals surface area contributed by atoms with Gasteiger partial charge in [0.05, 0.1) is 12.6 Å². The number of nitrogens with one attached hydrogen (secondary N) is 2. The largest absolute Gasteiger partial charge is 0.367 e. The first kappa shape index (κ1) is 23.2. The minimum absolute atomic E-state index is 0. The number of nitrogens with two attached hydrogens (primary N) is 2. The van der Waals surface area contributed by atoms with Crippen LogP contribution in [0.15, 0.2) is 24.3 Å². The highest BCUT2D eigenvalue weighted by Crippen LogP contribution is 2.23. The second-order valence-electron chi connectivity index (χ2n) is 6.04. The van der Waals surface area contributed by atoms with Crippen molar-refractivity contribution in [2.24, 2.45) is 17.4 Å². The standard InChI is InChI=1S/C16H23ClN4O3.ClH/c1-9(2)13(18)14(23)20-8-12(22)21-16(3,15(19)24)10-5-4-6-11(17)7-10;/h4-7,9,13H,8,18H2,1-3H3,(H2,19,24)(H,20,23)(H,21,22);1H/t13-,16?;/m0./s1. The van der Waals surface area contributed by atoms with Gasteiger partial charge in [-0.1, -0.05) is 37.6 Å². The third-order valence-electron chi connectivity index (χ3n) is 3.73. The highest BCUT2D eigenvalue weighted by Gasteiger charge is 2.35. The van der Waals surface area contributed by atoms with Crippen LogP contribution in [-0.4, -0.2) is 30.3 Å². The highest BCUT2D eigenvalue weighted by molar-refractivity contribution is 6.30.